The molecule has 1 aliphatic carbocycles. The predicted molar refractivity (Wildman–Crippen MR) is 57.8 cm³/mol. The first-order valence-corrected chi connectivity index (χ1v) is 5.73. The fourth-order valence-corrected chi connectivity index (χ4v) is 1.65. The quantitative estimate of drug-likeness (QED) is 0.655. The molecule has 0 aromatic rings. The third-order valence-electron chi connectivity index (χ3n) is 2.73. The Hall–Kier alpha value is -0.0800. The van der Waals surface area contributed by atoms with E-state index in [0.29, 0.717) is 6.04 Å². The topological polar surface area (TPSA) is 29.3 Å². The summed E-state index contributed by atoms with van der Waals surface area (Å²) in [6, 6.07) is 1.27. The van der Waals surface area contributed by atoms with E-state index in [9.17, 15) is 0 Å². The van der Waals surface area contributed by atoms with Gasteiger partial charge >= 0.3 is 0 Å². The van der Waals surface area contributed by atoms with Gasteiger partial charge in [0.15, 0.2) is 0 Å². The highest BCUT2D eigenvalue weighted by atomic mass is 15.2. The molecule has 13 heavy (non-hydrogen) atoms. The maximum absolute atomic E-state index is 5.76. The number of hydrogen-bond donors (Lipinski definition) is 1. The lowest BCUT2D eigenvalue weighted by Gasteiger charge is -2.22. The van der Waals surface area contributed by atoms with Gasteiger partial charge in [0.25, 0.3) is 0 Å². The summed E-state index contributed by atoms with van der Waals surface area (Å²) in [5.41, 5.74) is 5.76. The van der Waals surface area contributed by atoms with Crippen LogP contribution >= 0.6 is 0 Å². The third-order valence-corrected chi connectivity index (χ3v) is 2.73. The first-order valence-electron chi connectivity index (χ1n) is 5.73. The lowest BCUT2D eigenvalue weighted by atomic mass is 10.2. The normalized spacial score (nSPS) is 19.4. The fourth-order valence-electron chi connectivity index (χ4n) is 1.65. The SMILES string of the molecule is CCCCN(CCC(C)N)C1CC1. The lowest BCUT2D eigenvalue weighted by molar-refractivity contribution is 0.251. The molecular formula is C11H24N2. The molecule has 0 heterocycles. The maximum atomic E-state index is 5.76. The van der Waals surface area contributed by atoms with Gasteiger partial charge in [0, 0.05) is 12.1 Å². The zero-order chi connectivity index (χ0) is 9.68. The molecule has 1 atom stereocenters. The largest absolute Gasteiger partial charge is 0.328 e. The van der Waals surface area contributed by atoms with Gasteiger partial charge in [-0.2, -0.15) is 0 Å². The van der Waals surface area contributed by atoms with Crippen molar-refractivity contribution in [2.75, 3.05) is 13.1 Å². The minimum atomic E-state index is 0.364. The molecule has 0 radical (unpaired) electrons. The second kappa shape index (κ2) is 5.61. The van der Waals surface area contributed by atoms with Gasteiger partial charge in [0.2, 0.25) is 0 Å². The van der Waals surface area contributed by atoms with E-state index in [1.54, 1.807) is 0 Å². The van der Waals surface area contributed by atoms with Crippen LogP contribution in [0.4, 0.5) is 0 Å². The monoisotopic (exact) mass is 184 g/mol. The van der Waals surface area contributed by atoms with Gasteiger partial charge < -0.3 is 10.6 Å². The van der Waals surface area contributed by atoms with Crippen LogP contribution in [-0.4, -0.2) is 30.1 Å². The Morgan fingerprint density at radius 2 is 2.08 bits per heavy atom. The number of nitrogens with two attached hydrogens (primary N) is 1. The van der Waals surface area contributed by atoms with Gasteiger partial charge in [-0.1, -0.05) is 13.3 Å². The number of rotatable bonds is 7. The summed E-state index contributed by atoms with van der Waals surface area (Å²) in [5, 5.41) is 0. The summed E-state index contributed by atoms with van der Waals surface area (Å²) < 4.78 is 0. The van der Waals surface area contributed by atoms with Crippen LogP contribution in [0.3, 0.4) is 0 Å². The lowest BCUT2D eigenvalue weighted by Crippen LogP contribution is -2.31. The Balaban J connectivity index is 2.13. The van der Waals surface area contributed by atoms with E-state index < -0.39 is 0 Å². The van der Waals surface area contributed by atoms with Crippen molar-refractivity contribution in [1.82, 2.24) is 4.90 Å². The summed E-state index contributed by atoms with van der Waals surface area (Å²) in [4.78, 5) is 2.63. The van der Waals surface area contributed by atoms with Gasteiger partial charge in [-0.05, 0) is 45.7 Å². The van der Waals surface area contributed by atoms with Crippen LogP contribution < -0.4 is 5.73 Å². The van der Waals surface area contributed by atoms with E-state index in [2.05, 4.69) is 18.7 Å². The van der Waals surface area contributed by atoms with E-state index in [4.69, 9.17) is 5.73 Å². The Kier molecular flexibility index (Phi) is 4.74. The molecule has 0 amide bonds. The van der Waals surface area contributed by atoms with Crippen LogP contribution in [0.1, 0.15) is 46.0 Å². The van der Waals surface area contributed by atoms with Crippen LogP contribution in [0.25, 0.3) is 0 Å². The van der Waals surface area contributed by atoms with Crippen molar-refractivity contribution in [1.29, 1.82) is 0 Å². The number of unbranched alkanes of at least 4 members (excludes halogenated alkanes) is 1. The standard InChI is InChI=1S/C11H24N2/c1-3-4-8-13(11-5-6-11)9-7-10(2)12/h10-11H,3-9,12H2,1-2H3. The van der Waals surface area contributed by atoms with E-state index in [1.807, 2.05) is 0 Å². The average molecular weight is 184 g/mol. The van der Waals surface area contributed by atoms with E-state index in [1.165, 1.54) is 38.8 Å². The minimum Gasteiger partial charge on any atom is -0.328 e. The van der Waals surface area contributed by atoms with Gasteiger partial charge in [0.05, 0.1) is 0 Å². The van der Waals surface area contributed by atoms with Crippen LogP contribution in [0.2, 0.25) is 0 Å². The Morgan fingerprint density at radius 3 is 2.54 bits per heavy atom. The fraction of sp³-hybridized carbons (Fsp3) is 1.00. The molecule has 78 valence electrons. The zero-order valence-corrected chi connectivity index (χ0v) is 9.13. The summed E-state index contributed by atoms with van der Waals surface area (Å²) >= 11 is 0. The van der Waals surface area contributed by atoms with Gasteiger partial charge in [0.1, 0.15) is 0 Å². The highest BCUT2D eigenvalue weighted by Gasteiger charge is 2.27. The molecule has 2 nitrogen and oxygen atoms in total. The molecule has 0 aromatic carbocycles. The van der Waals surface area contributed by atoms with Crippen molar-refractivity contribution >= 4 is 0 Å². The summed E-state index contributed by atoms with van der Waals surface area (Å²) in [6.45, 7) is 6.86. The maximum Gasteiger partial charge on any atom is 0.00964 e. The number of hydrogen-bond acceptors (Lipinski definition) is 2. The highest BCUT2D eigenvalue weighted by Crippen LogP contribution is 2.27. The first-order chi connectivity index (χ1) is 6.24. The molecule has 1 saturated carbocycles. The molecule has 0 bridgehead atoms. The van der Waals surface area contributed by atoms with Crippen molar-refractivity contribution in [3.05, 3.63) is 0 Å². The average Bonchev–Trinajstić information content (AvgIpc) is 2.87. The molecule has 0 spiro atoms. The zero-order valence-electron chi connectivity index (χ0n) is 9.13. The minimum absolute atomic E-state index is 0.364. The molecule has 1 unspecified atom stereocenters. The molecular weight excluding hydrogens is 160 g/mol. The van der Waals surface area contributed by atoms with E-state index in [-0.39, 0.29) is 0 Å². The summed E-state index contributed by atoms with van der Waals surface area (Å²) in [7, 11) is 0. The van der Waals surface area contributed by atoms with Crippen molar-refractivity contribution < 1.29 is 0 Å². The molecule has 1 fully saturated rings. The molecule has 0 aromatic heterocycles. The van der Waals surface area contributed by atoms with E-state index in [0.717, 1.165) is 12.5 Å². The molecule has 1 aliphatic rings. The second-order valence-electron chi connectivity index (χ2n) is 4.39. The predicted octanol–water partition coefficient (Wildman–Crippen LogP) is 1.99. The molecule has 2 N–H and O–H groups in total. The Labute approximate surface area is 82.5 Å². The summed E-state index contributed by atoms with van der Waals surface area (Å²) in [6.07, 6.45) is 6.64. The molecule has 2 heteroatoms. The van der Waals surface area contributed by atoms with Crippen LogP contribution in [0.15, 0.2) is 0 Å². The first kappa shape index (κ1) is 11.0. The summed E-state index contributed by atoms with van der Waals surface area (Å²) in [5.74, 6) is 0. The van der Waals surface area contributed by atoms with Gasteiger partial charge in [-0.25, -0.2) is 0 Å². The smallest absolute Gasteiger partial charge is 0.00964 e. The second-order valence-corrected chi connectivity index (χ2v) is 4.39. The van der Waals surface area contributed by atoms with E-state index >= 15 is 0 Å². The molecule has 0 aliphatic heterocycles. The van der Waals surface area contributed by atoms with Crippen LogP contribution in [-0.2, 0) is 0 Å². The van der Waals surface area contributed by atoms with Crippen LogP contribution in [0.5, 0.6) is 0 Å². The van der Waals surface area contributed by atoms with Crippen LogP contribution in [0, 0.1) is 0 Å². The van der Waals surface area contributed by atoms with Crippen molar-refractivity contribution in [3.8, 4) is 0 Å². The highest BCUT2D eigenvalue weighted by molar-refractivity contribution is 4.84. The Bertz CT molecular complexity index is 130. The Morgan fingerprint density at radius 1 is 1.38 bits per heavy atom. The molecule has 0 saturated heterocycles. The van der Waals surface area contributed by atoms with Crippen molar-refractivity contribution in [3.63, 3.8) is 0 Å². The van der Waals surface area contributed by atoms with Crippen molar-refractivity contribution in [2.45, 2.75) is 58.0 Å². The van der Waals surface area contributed by atoms with Gasteiger partial charge in [-0.3, -0.25) is 0 Å². The molecule has 1 rings (SSSR count). The number of nitrogens with zero attached hydrogens (tertiary/aromatic N) is 1. The van der Waals surface area contributed by atoms with Gasteiger partial charge in [-0.15, -0.1) is 0 Å². The van der Waals surface area contributed by atoms with Crippen molar-refractivity contribution in [2.24, 2.45) is 5.73 Å². The third kappa shape index (κ3) is 4.63.